The molecule has 0 radical (unpaired) electrons. The van der Waals surface area contributed by atoms with Gasteiger partial charge in [0.15, 0.2) is 0 Å². The number of nitrogens with zero attached hydrogens (tertiary/aromatic N) is 1. The minimum Gasteiger partial charge on any atom is -0.491 e. The highest BCUT2D eigenvalue weighted by atomic mass is 35.5. The summed E-state index contributed by atoms with van der Waals surface area (Å²) < 4.78 is 31.8. The summed E-state index contributed by atoms with van der Waals surface area (Å²) in [4.78, 5) is 12.9. The third kappa shape index (κ3) is 6.37. The van der Waals surface area contributed by atoms with Gasteiger partial charge in [0.1, 0.15) is 18.4 Å². The summed E-state index contributed by atoms with van der Waals surface area (Å²) in [6, 6.07) is 12.8. The molecule has 0 aliphatic carbocycles. The molecule has 2 aromatic rings. The van der Waals surface area contributed by atoms with E-state index in [1.807, 2.05) is 38.1 Å². The number of halogens is 1. The number of ether oxygens (including phenoxy) is 1. The van der Waals surface area contributed by atoms with Gasteiger partial charge in [-0.15, -0.1) is 0 Å². The van der Waals surface area contributed by atoms with Crippen molar-refractivity contribution in [1.29, 1.82) is 0 Å². The Kier molecular flexibility index (Phi) is 7.93. The standard InChI is InChI=1S/C21H27ClN2O4S/c1-5-19(24(29(4,26)27)18-12-10-17(22)11-13-18)21(25)23-16(3)14-28-20-9-7-6-8-15(20)2/h6-13,16,19H,5,14H2,1-4H3,(H,23,25)/t16-,19-/m1/s1. The first-order valence-electron chi connectivity index (χ1n) is 9.37. The first kappa shape index (κ1) is 23.0. The van der Waals surface area contributed by atoms with E-state index in [4.69, 9.17) is 16.3 Å². The van der Waals surface area contributed by atoms with Crippen LogP contribution in [0.4, 0.5) is 5.69 Å². The van der Waals surface area contributed by atoms with Crippen LogP contribution < -0.4 is 14.4 Å². The Hall–Kier alpha value is -2.25. The number of amides is 1. The van der Waals surface area contributed by atoms with Crippen LogP contribution in [0.3, 0.4) is 0 Å². The van der Waals surface area contributed by atoms with Crippen LogP contribution in [0.2, 0.25) is 5.02 Å². The van der Waals surface area contributed by atoms with Gasteiger partial charge in [0.2, 0.25) is 15.9 Å². The van der Waals surface area contributed by atoms with Crippen molar-refractivity contribution in [2.24, 2.45) is 0 Å². The van der Waals surface area contributed by atoms with E-state index < -0.39 is 16.1 Å². The lowest BCUT2D eigenvalue weighted by Crippen LogP contribution is -2.52. The zero-order chi connectivity index (χ0) is 21.6. The van der Waals surface area contributed by atoms with Crippen LogP contribution in [-0.4, -0.2) is 39.3 Å². The van der Waals surface area contributed by atoms with Crippen molar-refractivity contribution in [3.63, 3.8) is 0 Å². The number of anilines is 1. The first-order chi connectivity index (χ1) is 13.6. The predicted molar refractivity (Wildman–Crippen MR) is 117 cm³/mol. The molecule has 2 aromatic carbocycles. The number of benzene rings is 2. The van der Waals surface area contributed by atoms with E-state index in [0.29, 0.717) is 17.1 Å². The lowest BCUT2D eigenvalue weighted by Gasteiger charge is -2.31. The van der Waals surface area contributed by atoms with Gasteiger partial charge in [0.25, 0.3) is 0 Å². The summed E-state index contributed by atoms with van der Waals surface area (Å²) in [6.45, 7) is 5.80. The Morgan fingerprint density at radius 2 is 1.79 bits per heavy atom. The predicted octanol–water partition coefficient (Wildman–Crippen LogP) is 3.78. The van der Waals surface area contributed by atoms with Crippen LogP contribution in [0.1, 0.15) is 25.8 Å². The lowest BCUT2D eigenvalue weighted by atomic mass is 10.1. The Bertz CT molecular complexity index is 932. The minimum atomic E-state index is -3.69. The molecule has 0 unspecified atom stereocenters. The number of rotatable bonds is 9. The quantitative estimate of drug-likeness (QED) is 0.646. The van der Waals surface area contributed by atoms with E-state index in [0.717, 1.165) is 21.9 Å². The molecular weight excluding hydrogens is 412 g/mol. The highest BCUT2D eigenvalue weighted by Gasteiger charge is 2.32. The Morgan fingerprint density at radius 1 is 1.17 bits per heavy atom. The number of sulfonamides is 1. The monoisotopic (exact) mass is 438 g/mol. The van der Waals surface area contributed by atoms with Crippen LogP contribution in [0.15, 0.2) is 48.5 Å². The molecule has 0 saturated heterocycles. The molecular formula is C21H27ClN2O4S. The molecule has 0 spiro atoms. The maximum absolute atomic E-state index is 12.9. The van der Waals surface area contributed by atoms with Gasteiger partial charge in [-0.1, -0.05) is 36.7 Å². The van der Waals surface area contributed by atoms with Crippen molar-refractivity contribution < 1.29 is 17.9 Å². The molecule has 0 aromatic heterocycles. The Morgan fingerprint density at radius 3 is 2.34 bits per heavy atom. The number of carbonyl (C=O) groups is 1. The smallest absolute Gasteiger partial charge is 0.244 e. The van der Waals surface area contributed by atoms with Crippen molar-refractivity contribution in [3.8, 4) is 5.75 Å². The second-order valence-corrected chi connectivity index (χ2v) is 9.24. The summed E-state index contributed by atoms with van der Waals surface area (Å²) in [6.07, 6.45) is 1.40. The second-order valence-electron chi connectivity index (χ2n) is 6.95. The van der Waals surface area contributed by atoms with Crippen LogP contribution in [0.5, 0.6) is 5.75 Å². The Labute approximate surface area is 177 Å². The number of carbonyl (C=O) groups excluding carboxylic acids is 1. The summed E-state index contributed by atoms with van der Waals surface area (Å²) in [5.74, 6) is 0.369. The van der Waals surface area contributed by atoms with Gasteiger partial charge in [-0.25, -0.2) is 8.42 Å². The third-order valence-electron chi connectivity index (χ3n) is 4.38. The van der Waals surface area contributed by atoms with E-state index in [-0.39, 0.29) is 18.6 Å². The molecule has 0 saturated carbocycles. The number of hydrogen-bond acceptors (Lipinski definition) is 4. The topological polar surface area (TPSA) is 75.7 Å². The van der Waals surface area contributed by atoms with Gasteiger partial charge in [-0.05, 0) is 56.2 Å². The van der Waals surface area contributed by atoms with Crippen molar-refractivity contribution in [2.45, 2.75) is 39.3 Å². The van der Waals surface area contributed by atoms with E-state index in [1.165, 1.54) is 0 Å². The summed E-state index contributed by atoms with van der Waals surface area (Å²) >= 11 is 5.91. The molecule has 1 amide bonds. The first-order valence-corrected chi connectivity index (χ1v) is 11.6. The molecule has 2 rings (SSSR count). The summed E-state index contributed by atoms with van der Waals surface area (Å²) in [5.41, 5.74) is 1.39. The molecule has 0 aliphatic rings. The second kappa shape index (κ2) is 9.98. The van der Waals surface area contributed by atoms with Gasteiger partial charge in [0, 0.05) is 5.02 Å². The molecule has 2 atom stereocenters. The SMILES string of the molecule is CC[C@H](C(=O)N[C@H](C)COc1ccccc1C)N(c1ccc(Cl)cc1)S(C)(=O)=O. The third-order valence-corrected chi connectivity index (χ3v) is 5.81. The van der Waals surface area contributed by atoms with Crippen molar-refractivity contribution in [2.75, 3.05) is 17.2 Å². The fraction of sp³-hybridized carbons (Fsp3) is 0.381. The van der Waals surface area contributed by atoms with Gasteiger partial charge < -0.3 is 10.1 Å². The van der Waals surface area contributed by atoms with Gasteiger partial charge >= 0.3 is 0 Å². The van der Waals surface area contributed by atoms with Crippen LogP contribution in [-0.2, 0) is 14.8 Å². The molecule has 0 fully saturated rings. The highest BCUT2D eigenvalue weighted by Crippen LogP contribution is 2.24. The van der Waals surface area contributed by atoms with E-state index in [9.17, 15) is 13.2 Å². The van der Waals surface area contributed by atoms with Crippen molar-refractivity contribution in [1.82, 2.24) is 5.32 Å². The number of aryl methyl sites for hydroxylation is 1. The number of para-hydroxylation sites is 1. The zero-order valence-corrected chi connectivity index (χ0v) is 18.6. The zero-order valence-electron chi connectivity index (χ0n) is 17.1. The average Bonchev–Trinajstić information content (AvgIpc) is 2.65. The summed E-state index contributed by atoms with van der Waals surface area (Å²) in [5, 5.41) is 3.35. The van der Waals surface area contributed by atoms with Gasteiger partial charge in [-0.3, -0.25) is 9.10 Å². The molecule has 1 N–H and O–H groups in total. The molecule has 8 heteroatoms. The molecule has 0 bridgehead atoms. The molecule has 29 heavy (non-hydrogen) atoms. The molecule has 6 nitrogen and oxygen atoms in total. The van der Waals surface area contributed by atoms with Gasteiger partial charge in [-0.2, -0.15) is 0 Å². The molecule has 0 heterocycles. The van der Waals surface area contributed by atoms with Crippen molar-refractivity contribution >= 4 is 33.2 Å². The average molecular weight is 439 g/mol. The van der Waals surface area contributed by atoms with Crippen molar-refractivity contribution in [3.05, 3.63) is 59.1 Å². The fourth-order valence-corrected chi connectivity index (χ4v) is 4.30. The maximum atomic E-state index is 12.9. The van der Waals surface area contributed by atoms with E-state index in [2.05, 4.69) is 5.32 Å². The van der Waals surface area contributed by atoms with Crippen LogP contribution in [0, 0.1) is 6.92 Å². The largest absolute Gasteiger partial charge is 0.491 e. The van der Waals surface area contributed by atoms with E-state index in [1.54, 1.807) is 31.2 Å². The summed E-state index contributed by atoms with van der Waals surface area (Å²) in [7, 11) is -3.69. The number of hydrogen-bond donors (Lipinski definition) is 1. The highest BCUT2D eigenvalue weighted by molar-refractivity contribution is 7.92. The molecule has 0 aliphatic heterocycles. The minimum absolute atomic E-state index is 0.271. The van der Waals surface area contributed by atoms with Crippen LogP contribution >= 0.6 is 11.6 Å². The lowest BCUT2D eigenvalue weighted by molar-refractivity contribution is -0.123. The fourth-order valence-electron chi connectivity index (χ4n) is 2.96. The number of nitrogens with one attached hydrogen (secondary N) is 1. The maximum Gasteiger partial charge on any atom is 0.244 e. The van der Waals surface area contributed by atoms with Crippen LogP contribution in [0.25, 0.3) is 0 Å². The van der Waals surface area contributed by atoms with Gasteiger partial charge in [0.05, 0.1) is 18.0 Å². The normalized spacial score (nSPS) is 13.4. The molecule has 158 valence electrons. The van der Waals surface area contributed by atoms with E-state index >= 15 is 0 Å². The Balaban J connectivity index is 2.12.